The van der Waals surface area contributed by atoms with Crippen molar-refractivity contribution in [1.82, 2.24) is 10.2 Å². The number of nitrogens with two attached hydrogens (primary N) is 1. The molecule has 0 aliphatic carbocycles. The van der Waals surface area contributed by atoms with Crippen molar-refractivity contribution in [2.75, 3.05) is 19.6 Å². The van der Waals surface area contributed by atoms with Gasteiger partial charge < -0.3 is 16.0 Å². The van der Waals surface area contributed by atoms with Crippen LogP contribution in [-0.4, -0.2) is 42.4 Å². The fourth-order valence-corrected chi connectivity index (χ4v) is 2.30. The molecule has 0 saturated carbocycles. The van der Waals surface area contributed by atoms with E-state index in [2.05, 4.69) is 12.2 Å². The monoisotopic (exact) mass is 211 g/mol. The standard InChI is InChI=1S/C10H17N3O2/c1-6-4-12-5-7(6)10(15)13-3-2-8(13)9(11)14/h6-8,12H,2-5H2,1H3,(H2,11,14)/t6-,7-,8?/m1/s1. The van der Waals surface area contributed by atoms with Gasteiger partial charge in [-0.3, -0.25) is 9.59 Å². The van der Waals surface area contributed by atoms with Gasteiger partial charge in [-0.15, -0.1) is 0 Å². The van der Waals surface area contributed by atoms with E-state index in [1.54, 1.807) is 4.90 Å². The highest BCUT2D eigenvalue weighted by atomic mass is 16.2. The highest BCUT2D eigenvalue weighted by Crippen LogP contribution is 2.25. The van der Waals surface area contributed by atoms with Gasteiger partial charge in [-0.2, -0.15) is 0 Å². The Kier molecular flexibility index (Phi) is 2.65. The molecule has 1 unspecified atom stereocenters. The molecule has 0 aromatic carbocycles. The van der Waals surface area contributed by atoms with Crippen LogP contribution in [0.5, 0.6) is 0 Å². The van der Waals surface area contributed by atoms with Crippen molar-refractivity contribution in [3.8, 4) is 0 Å². The number of carbonyl (C=O) groups excluding carboxylic acids is 2. The van der Waals surface area contributed by atoms with Crippen molar-refractivity contribution in [3.05, 3.63) is 0 Å². The number of primary amides is 1. The van der Waals surface area contributed by atoms with E-state index in [0.29, 0.717) is 12.5 Å². The zero-order chi connectivity index (χ0) is 11.0. The van der Waals surface area contributed by atoms with E-state index >= 15 is 0 Å². The molecule has 0 aromatic rings. The molecule has 84 valence electrons. The number of nitrogens with zero attached hydrogens (tertiary/aromatic N) is 1. The Morgan fingerprint density at radius 3 is 2.53 bits per heavy atom. The van der Waals surface area contributed by atoms with E-state index < -0.39 is 0 Å². The van der Waals surface area contributed by atoms with E-state index in [1.165, 1.54) is 0 Å². The van der Waals surface area contributed by atoms with E-state index in [9.17, 15) is 9.59 Å². The lowest BCUT2D eigenvalue weighted by Gasteiger charge is -2.40. The lowest BCUT2D eigenvalue weighted by atomic mass is 9.92. The highest BCUT2D eigenvalue weighted by molar-refractivity contribution is 5.89. The Bertz CT molecular complexity index is 292. The first kappa shape index (κ1) is 10.4. The molecule has 2 rings (SSSR count). The van der Waals surface area contributed by atoms with Crippen molar-refractivity contribution in [2.45, 2.75) is 19.4 Å². The van der Waals surface area contributed by atoms with Gasteiger partial charge in [-0.1, -0.05) is 6.92 Å². The minimum atomic E-state index is -0.381. The second kappa shape index (κ2) is 3.81. The SMILES string of the molecule is C[C@@H]1CNC[C@H]1C(=O)N1CCC1C(N)=O. The predicted octanol–water partition coefficient (Wildman–Crippen LogP) is -1.07. The predicted molar refractivity (Wildman–Crippen MR) is 54.8 cm³/mol. The van der Waals surface area contributed by atoms with Crippen LogP contribution in [-0.2, 0) is 9.59 Å². The molecule has 2 aliphatic rings. The van der Waals surface area contributed by atoms with Crippen LogP contribution < -0.4 is 11.1 Å². The second-order valence-electron chi connectivity index (χ2n) is 4.48. The van der Waals surface area contributed by atoms with Gasteiger partial charge in [0.2, 0.25) is 11.8 Å². The van der Waals surface area contributed by atoms with Crippen LogP contribution in [0, 0.1) is 11.8 Å². The van der Waals surface area contributed by atoms with E-state index in [4.69, 9.17) is 5.73 Å². The third-order valence-corrected chi connectivity index (χ3v) is 3.47. The first-order valence-corrected chi connectivity index (χ1v) is 5.41. The Hall–Kier alpha value is -1.10. The number of carbonyl (C=O) groups is 2. The van der Waals surface area contributed by atoms with Gasteiger partial charge in [0.25, 0.3) is 0 Å². The zero-order valence-electron chi connectivity index (χ0n) is 8.90. The molecule has 2 fully saturated rings. The molecule has 3 atom stereocenters. The highest BCUT2D eigenvalue weighted by Gasteiger charge is 2.41. The van der Waals surface area contributed by atoms with Gasteiger partial charge in [-0.05, 0) is 18.9 Å². The summed E-state index contributed by atoms with van der Waals surface area (Å²) in [7, 11) is 0. The van der Waals surface area contributed by atoms with Crippen molar-refractivity contribution in [3.63, 3.8) is 0 Å². The smallest absolute Gasteiger partial charge is 0.240 e. The summed E-state index contributed by atoms with van der Waals surface area (Å²) >= 11 is 0. The molecule has 0 aromatic heterocycles. The van der Waals surface area contributed by atoms with Crippen molar-refractivity contribution < 1.29 is 9.59 Å². The topological polar surface area (TPSA) is 75.4 Å². The Morgan fingerprint density at radius 1 is 1.40 bits per heavy atom. The van der Waals surface area contributed by atoms with Crippen molar-refractivity contribution in [1.29, 1.82) is 0 Å². The zero-order valence-corrected chi connectivity index (χ0v) is 8.90. The van der Waals surface area contributed by atoms with Crippen LogP contribution in [0.4, 0.5) is 0 Å². The largest absolute Gasteiger partial charge is 0.368 e. The molecule has 15 heavy (non-hydrogen) atoms. The van der Waals surface area contributed by atoms with Crippen LogP contribution in [0.1, 0.15) is 13.3 Å². The van der Waals surface area contributed by atoms with Crippen LogP contribution in [0.15, 0.2) is 0 Å². The van der Waals surface area contributed by atoms with E-state index in [1.807, 2.05) is 0 Å². The first-order valence-electron chi connectivity index (χ1n) is 5.41. The van der Waals surface area contributed by atoms with Crippen LogP contribution in [0.2, 0.25) is 0 Å². The second-order valence-corrected chi connectivity index (χ2v) is 4.48. The Morgan fingerprint density at radius 2 is 2.13 bits per heavy atom. The third-order valence-electron chi connectivity index (χ3n) is 3.47. The first-order chi connectivity index (χ1) is 7.11. The van der Waals surface area contributed by atoms with E-state index in [0.717, 1.165) is 19.5 Å². The fourth-order valence-electron chi connectivity index (χ4n) is 2.30. The normalized spacial score (nSPS) is 35.0. The molecule has 3 N–H and O–H groups in total. The number of likely N-dealkylation sites (tertiary alicyclic amines) is 1. The molecule has 0 radical (unpaired) electrons. The summed E-state index contributed by atoms with van der Waals surface area (Å²) in [5.41, 5.74) is 5.21. The van der Waals surface area contributed by atoms with Crippen LogP contribution >= 0.6 is 0 Å². The van der Waals surface area contributed by atoms with Gasteiger partial charge >= 0.3 is 0 Å². The van der Waals surface area contributed by atoms with E-state index in [-0.39, 0.29) is 23.8 Å². The number of hydrogen-bond acceptors (Lipinski definition) is 3. The maximum atomic E-state index is 12.0. The van der Waals surface area contributed by atoms with Gasteiger partial charge in [-0.25, -0.2) is 0 Å². The summed E-state index contributed by atoms with van der Waals surface area (Å²) < 4.78 is 0. The Labute approximate surface area is 89.0 Å². The molecular formula is C10H17N3O2. The maximum Gasteiger partial charge on any atom is 0.240 e. The average Bonchev–Trinajstić information content (AvgIpc) is 2.47. The molecule has 2 heterocycles. The third kappa shape index (κ3) is 1.71. The summed E-state index contributed by atoms with van der Waals surface area (Å²) in [5, 5.41) is 3.19. The molecule has 0 spiro atoms. The van der Waals surface area contributed by atoms with Crippen molar-refractivity contribution >= 4 is 11.8 Å². The molecule has 5 heteroatoms. The summed E-state index contributed by atoms with van der Waals surface area (Å²) in [6, 6.07) is -0.356. The number of hydrogen-bond donors (Lipinski definition) is 2. The minimum Gasteiger partial charge on any atom is -0.368 e. The molecule has 2 saturated heterocycles. The average molecular weight is 211 g/mol. The lowest BCUT2D eigenvalue weighted by Crippen LogP contribution is -2.59. The molecule has 5 nitrogen and oxygen atoms in total. The van der Waals surface area contributed by atoms with Crippen LogP contribution in [0.3, 0.4) is 0 Å². The summed E-state index contributed by atoms with van der Waals surface area (Å²) in [6.45, 7) is 4.34. The number of nitrogens with one attached hydrogen (secondary N) is 1. The minimum absolute atomic E-state index is 0.0205. The Balaban J connectivity index is 1.99. The summed E-state index contributed by atoms with van der Waals surface area (Å²) in [5.74, 6) is 0.0783. The fraction of sp³-hybridized carbons (Fsp3) is 0.800. The van der Waals surface area contributed by atoms with Gasteiger partial charge in [0.15, 0.2) is 0 Å². The van der Waals surface area contributed by atoms with Gasteiger partial charge in [0.1, 0.15) is 6.04 Å². The molecule has 2 amide bonds. The number of amides is 2. The van der Waals surface area contributed by atoms with Crippen molar-refractivity contribution in [2.24, 2.45) is 17.6 Å². The molecule has 0 bridgehead atoms. The van der Waals surface area contributed by atoms with Crippen LogP contribution in [0.25, 0.3) is 0 Å². The summed E-state index contributed by atoms with van der Waals surface area (Å²) in [6.07, 6.45) is 0.718. The summed E-state index contributed by atoms with van der Waals surface area (Å²) in [4.78, 5) is 24.7. The van der Waals surface area contributed by atoms with Gasteiger partial charge in [0.05, 0.1) is 5.92 Å². The molecule has 2 aliphatic heterocycles. The van der Waals surface area contributed by atoms with Gasteiger partial charge in [0, 0.05) is 13.1 Å². The number of rotatable bonds is 2. The quantitative estimate of drug-likeness (QED) is 0.610. The maximum absolute atomic E-state index is 12.0. The molecular weight excluding hydrogens is 194 g/mol. The lowest BCUT2D eigenvalue weighted by molar-refractivity contribution is -0.149.